The Bertz CT molecular complexity index is 268. The van der Waals surface area contributed by atoms with Gasteiger partial charge in [-0.05, 0) is 52.7 Å². The van der Waals surface area contributed by atoms with Crippen molar-refractivity contribution in [1.29, 1.82) is 0 Å². The Morgan fingerprint density at radius 2 is 1.31 bits per heavy atom. The molecule has 0 amide bonds. The molecule has 1 aliphatic rings. The summed E-state index contributed by atoms with van der Waals surface area (Å²) < 4.78 is 0. The topological polar surface area (TPSA) is 20.2 Å². The van der Waals surface area contributed by atoms with Crippen molar-refractivity contribution in [1.82, 2.24) is 0 Å². The Morgan fingerprint density at radius 3 is 1.46 bits per heavy atom. The van der Waals surface area contributed by atoms with Crippen molar-refractivity contribution < 1.29 is 5.11 Å². The minimum Gasteiger partial charge on any atom is -0.392 e. The smallest absolute Gasteiger partial charge is 0.0640 e. The van der Waals surface area contributed by atoms with Crippen molar-refractivity contribution in [3.05, 3.63) is 22.3 Å². The standard InChI is InChI=1S/C12H20O/c1-7-8(2)10(4)12(6,9(7)3)11(5)13/h11,13H,1-6H3. The van der Waals surface area contributed by atoms with Gasteiger partial charge >= 0.3 is 0 Å². The second kappa shape index (κ2) is 2.98. The highest BCUT2D eigenvalue weighted by molar-refractivity contribution is 5.50. The van der Waals surface area contributed by atoms with Gasteiger partial charge in [-0.1, -0.05) is 11.1 Å². The molecule has 13 heavy (non-hydrogen) atoms. The normalized spacial score (nSPS) is 24.2. The van der Waals surface area contributed by atoms with E-state index in [0.717, 1.165) is 0 Å². The number of aliphatic hydroxyl groups is 1. The first-order valence-corrected chi connectivity index (χ1v) is 4.87. The molecule has 0 fully saturated rings. The predicted molar refractivity (Wildman–Crippen MR) is 56.5 cm³/mol. The molecule has 1 nitrogen and oxygen atoms in total. The highest BCUT2D eigenvalue weighted by atomic mass is 16.3. The molecule has 0 saturated carbocycles. The van der Waals surface area contributed by atoms with Gasteiger partial charge in [0.15, 0.2) is 0 Å². The van der Waals surface area contributed by atoms with Crippen molar-refractivity contribution in [2.45, 2.75) is 47.6 Å². The maximum Gasteiger partial charge on any atom is 0.0640 e. The molecule has 1 aliphatic carbocycles. The van der Waals surface area contributed by atoms with E-state index in [9.17, 15) is 5.11 Å². The summed E-state index contributed by atoms with van der Waals surface area (Å²) in [5.41, 5.74) is 5.20. The van der Waals surface area contributed by atoms with Crippen LogP contribution >= 0.6 is 0 Å². The van der Waals surface area contributed by atoms with Gasteiger partial charge in [-0.2, -0.15) is 0 Å². The summed E-state index contributed by atoms with van der Waals surface area (Å²) in [5, 5.41) is 9.82. The largest absolute Gasteiger partial charge is 0.392 e. The van der Waals surface area contributed by atoms with Gasteiger partial charge in [-0.15, -0.1) is 0 Å². The van der Waals surface area contributed by atoms with Crippen LogP contribution in [0.25, 0.3) is 0 Å². The molecule has 0 radical (unpaired) electrons. The maximum absolute atomic E-state index is 9.82. The number of hydrogen-bond donors (Lipinski definition) is 1. The number of allylic oxidation sites excluding steroid dienone is 2. The molecule has 0 bridgehead atoms. The SMILES string of the molecule is CC1=C(C)C(C)(C(C)O)C(C)=C1C. The summed E-state index contributed by atoms with van der Waals surface area (Å²) in [6, 6.07) is 0. The average molecular weight is 180 g/mol. The van der Waals surface area contributed by atoms with Crippen molar-refractivity contribution in [2.24, 2.45) is 5.41 Å². The van der Waals surface area contributed by atoms with Crippen molar-refractivity contribution in [3.63, 3.8) is 0 Å². The molecule has 1 rings (SSSR count). The summed E-state index contributed by atoms with van der Waals surface area (Å²) in [7, 11) is 0. The highest BCUT2D eigenvalue weighted by Crippen LogP contribution is 2.48. The Kier molecular flexibility index (Phi) is 2.42. The van der Waals surface area contributed by atoms with E-state index in [0.29, 0.717) is 0 Å². The molecule has 1 unspecified atom stereocenters. The molecule has 1 heteroatoms. The van der Waals surface area contributed by atoms with Gasteiger partial charge in [-0.25, -0.2) is 0 Å². The van der Waals surface area contributed by atoms with E-state index in [1.54, 1.807) is 0 Å². The first kappa shape index (κ1) is 10.5. The monoisotopic (exact) mass is 180 g/mol. The Balaban J connectivity index is 3.31. The van der Waals surface area contributed by atoms with E-state index in [1.165, 1.54) is 22.3 Å². The molecule has 0 heterocycles. The van der Waals surface area contributed by atoms with Crippen molar-refractivity contribution in [3.8, 4) is 0 Å². The molecule has 0 aromatic rings. The molecule has 1 N–H and O–H groups in total. The zero-order chi connectivity index (χ0) is 10.4. The van der Waals surface area contributed by atoms with E-state index in [2.05, 4.69) is 34.6 Å². The van der Waals surface area contributed by atoms with Gasteiger partial charge < -0.3 is 5.11 Å². The molecule has 0 saturated heterocycles. The third kappa shape index (κ3) is 1.18. The molecule has 74 valence electrons. The maximum atomic E-state index is 9.82. The van der Waals surface area contributed by atoms with Crippen LogP contribution in [0.15, 0.2) is 22.3 Å². The fourth-order valence-corrected chi connectivity index (χ4v) is 2.25. The van der Waals surface area contributed by atoms with E-state index in [4.69, 9.17) is 0 Å². The van der Waals surface area contributed by atoms with Gasteiger partial charge in [-0.3, -0.25) is 0 Å². The minimum absolute atomic E-state index is 0.131. The minimum atomic E-state index is -0.306. The van der Waals surface area contributed by atoms with Crippen LogP contribution in [0.4, 0.5) is 0 Å². The molecule has 0 aromatic heterocycles. The molecule has 0 aromatic carbocycles. The first-order valence-electron chi connectivity index (χ1n) is 4.87. The number of hydrogen-bond acceptors (Lipinski definition) is 1. The zero-order valence-corrected chi connectivity index (χ0v) is 9.52. The van der Waals surface area contributed by atoms with Gasteiger partial charge in [0.2, 0.25) is 0 Å². The van der Waals surface area contributed by atoms with Crippen LogP contribution in [-0.4, -0.2) is 11.2 Å². The lowest BCUT2D eigenvalue weighted by Gasteiger charge is -2.32. The third-order valence-electron chi connectivity index (χ3n) is 4.08. The van der Waals surface area contributed by atoms with Gasteiger partial charge in [0.05, 0.1) is 6.10 Å². The third-order valence-corrected chi connectivity index (χ3v) is 4.08. The lowest BCUT2D eigenvalue weighted by atomic mass is 9.75. The number of aliphatic hydroxyl groups excluding tert-OH is 1. The Hall–Kier alpha value is -0.560. The Morgan fingerprint density at radius 1 is 1.00 bits per heavy atom. The lowest BCUT2D eigenvalue weighted by Crippen LogP contribution is -2.30. The fraction of sp³-hybridized carbons (Fsp3) is 0.667. The lowest BCUT2D eigenvalue weighted by molar-refractivity contribution is 0.104. The van der Waals surface area contributed by atoms with Crippen LogP contribution in [0, 0.1) is 5.41 Å². The quantitative estimate of drug-likeness (QED) is 0.657. The molecule has 1 atom stereocenters. The van der Waals surface area contributed by atoms with Gasteiger partial charge in [0, 0.05) is 5.41 Å². The summed E-state index contributed by atoms with van der Waals surface area (Å²) in [5.74, 6) is 0. The zero-order valence-electron chi connectivity index (χ0n) is 9.52. The Labute approximate surface area is 81.2 Å². The van der Waals surface area contributed by atoms with Crippen LogP contribution in [0.3, 0.4) is 0 Å². The highest BCUT2D eigenvalue weighted by Gasteiger charge is 2.39. The van der Waals surface area contributed by atoms with Crippen molar-refractivity contribution >= 4 is 0 Å². The predicted octanol–water partition coefficient (Wildman–Crippen LogP) is 3.06. The van der Waals surface area contributed by atoms with Crippen LogP contribution in [0.5, 0.6) is 0 Å². The molecular formula is C12H20O. The summed E-state index contributed by atoms with van der Waals surface area (Å²) >= 11 is 0. The van der Waals surface area contributed by atoms with E-state index in [-0.39, 0.29) is 11.5 Å². The fourth-order valence-electron chi connectivity index (χ4n) is 2.25. The summed E-state index contributed by atoms with van der Waals surface area (Å²) in [6.07, 6.45) is -0.306. The van der Waals surface area contributed by atoms with E-state index < -0.39 is 0 Å². The molecular weight excluding hydrogens is 160 g/mol. The first-order chi connectivity index (χ1) is 5.83. The van der Waals surface area contributed by atoms with E-state index in [1.807, 2.05) is 6.92 Å². The molecule has 0 aliphatic heterocycles. The number of rotatable bonds is 1. The van der Waals surface area contributed by atoms with Crippen LogP contribution in [0.1, 0.15) is 41.5 Å². The second-order valence-corrected chi connectivity index (χ2v) is 4.38. The summed E-state index contributed by atoms with van der Waals surface area (Å²) in [6.45, 7) is 12.5. The van der Waals surface area contributed by atoms with Crippen LogP contribution in [0.2, 0.25) is 0 Å². The van der Waals surface area contributed by atoms with E-state index >= 15 is 0 Å². The summed E-state index contributed by atoms with van der Waals surface area (Å²) in [4.78, 5) is 0. The van der Waals surface area contributed by atoms with Crippen molar-refractivity contribution in [2.75, 3.05) is 0 Å². The van der Waals surface area contributed by atoms with Crippen LogP contribution in [-0.2, 0) is 0 Å². The second-order valence-electron chi connectivity index (χ2n) is 4.38. The van der Waals surface area contributed by atoms with Gasteiger partial charge in [0.1, 0.15) is 0 Å². The molecule has 0 spiro atoms. The van der Waals surface area contributed by atoms with Crippen LogP contribution < -0.4 is 0 Å². The average Bonchev–Trinajstić information content (AvgIpc) is 2.22. The van der Waals surface area contributed by atoms with Gasteiger partial charge in [0.25, 0.3) is 0 Å².